The fraction of sp³-hybridized carbons (Fsp3) is 0.167. The lowest BCUT2D eigenvalue weighted by Gasteiger charge is -2.09. The number of nitrogens with zero attached hydrogens (tertiary/aromatic N) is 1. The van der Waals surface area contributed by atoms with Crippen molar-refractivity contribution >= 4 is 32.8 Å². The highest BCUT2D eigenvalue weighted by atomic mass is 79.9. The second kappa shape index (κ2) is 4.81. The molecule has 0 amide bonds. The van der Waals surface area contributed by atoms with Gasteiger partial charge in [0.15, 0.2) is 0 Å². The van der Waals surface area contributed by atoms with Gasteiger partial charge in [-0.1, -0.05) is 28.1 Å². The maximum absolute atomic E-state index is 10.8. The predicted molar refractivity (Wildman–Crippen MR) is 68.8 cm³/mol. The van der Waals surface area contributed by atoms with E-state index in [1.165, 1.54) is 0 Å². The molecule has 1 atom stereocenters. The Kier molecular flexibility index (Phi) is 3.40. The molecule has 3 N–H and O–H groups in total. The van der Waals surface area contributed by atoms with E-state index in [1.807, 2.05) is 24.3 Å². The van der Waals surface area contributed by atoms with Gasteiger partial charge in [0, 0.05) is 22.5 Å². The Morgan fingerprint density at radius 2 is 2.24 bits per heavy atom. The van der Waals surface area contributed by atoms with Gasteiger partial charge in [-0.15, -0.1) is 0 Å². The number of aliphatic carboxylic acids is 1. The summed E-state index contributed by atoms with van der Waals surface area (Å²) >= 11 is 3.44. The van der Waals surface area contributed by atoms with E-state index in [9.17, 15) is 4.79 Å². The topological polar surface area (TPSA) is 76.2 Å². The van der Waals surface area contributed by atoms with E-state index in [-0.39, 0.29) is 6.42 Å². The molecule has 0 spiro atoms. The van der Waals surface area contributed by atoms with Crippen LogP contribution in [0.25, 0.3) is 10.9 Å². The van der Waals surface area contributed by atoms with Gasteiger partial charge in [0.2, 0.25) is 0 Å². The highest BCUT2D eigenvalue weighted by Crippen LogP contribution is 2.25. The predicted octanol–water partition coefficient (Wildman–Crippen LogP) is 1.95. The molecule has 0 aliphatic rings. The van der Waals surface area contributed by atoms with E-state index in [2.05, 4.69) is 20.9 Å². The Balaban J connectivity index is 2.48. The highest BCUT2D eigenvalue weighted by Gasteiger charge is 2.14. The summed E-state index contributed by atoms with van der Waals surface area (Å²) in [4.78, 5) is 15.0. The standard InChI is InChI=1S/C12H11BrN2O2/c13-9-4-3-7(6-10(14)12(16)17)11-8(9)2-1-5-15-11/h1-5,10H,6,14H2,(H,16,17). The normalized spacial score (nSPS) is 12.6. The zero-order valence-electron chi connectivity index (χ0n) is 8.93. The third-order valence-electron chi connectivity index (χ3n) is 2.56. The lowest BCUT2D eigenvalue weighted by molar-refractivity contribution is -0.138. The van der Waals surface area contributed by atoms with E-state index in [1.54, 1.807) is 6.20 Å². The molecule has 5 heteroatoms. The molecule has 17 heavy (non-hydrogen) atoms. The van der Waals surface area contributed by atoms with E-state index >= 15 is 0 Å². The minimum Gasteiger partial charge on any atom is -0.480 e. The van der Waals surface area contributed by atoms with Gasteiger partial charge in [-0.05, 0) is 17.7 Å². The SMILES string of the molecule is NC(Cc1ccc(Br)c2cccnc12)C(=O)O. The molecule has 0 aliphatic carbocycles. The number of hydrogen-bond acceptors (Lipinski definition) is 3. The second-order valence-corrected chi connectivity index (χ2v) is 4.61. The summed E-state index contributed by atoms with van der Waals surface area (Å²) in [5.74, 6) is -1.00. The van der Waals surface area contributed by atoms with Crippen molar-refractivity contribution in [3.8, 4) is 0 Å². The van der Waals surface area contributed by atoms with Crippen molar-refractivity contribution in [1.29, 1.82) is 0 Å². The monoisotopic (exact) mass is 294 g/mol. The Morgan fingerprint density at radius 1 is 1.47 bits per heavy atom. The molecular weight excluding hydrogens is 284 g/mol. The molecule has 1 unspecified atom stereocenters. The summed E-state index contributed by atoms with van der Waals surface area (Å²) in [6, 6.07) is 6.60. The molecule has 1 heterocycles. The van der Waals surface area contributed by atoms with E-state index in [0.717, 1.165) is 20.9 Å². The molecule has 0 fully saturated rings. The quantitative estimate of drug-likeness (QED) is 0.907. The van der Waals surface area contributed by atoms with Gasteiger partial charge in [0.05, 0.1) is 5.52 Å². The molecule has 0 bridgehead atoms. The van der Waals surface area contributed by atoms with Crippen LogP contribution in [0.3, 0.4) is 0 Å². The smallest absolute Gasteiger partial charge is 0.320 e. The average molecular weight is 295 g/mol. The number of rotatable bonds is 3. The van der Waals surface area contributed by atoms with Crippen LogP contribution in [0.5, 0.6) is 0 Å². The summed E-state index contributed by atoms with van der Waals surface area (Å²) in [6.45, 7) is 0. The Labute approximate surface area is 107 Å². The van der Waals surface area contributed by atoms with Crippen LogP contribution >= 0.6 is 15.9 Å². The van der Waals surface area contributed by atoms with Gasteiger partial charge in [-0.3, -0.25) is 9.78 Å². The molecule has 4 nitrogen and oxygen atoms in total. The average Bonchev–Trinajstić information content (AvgIpc) is 2.33. The number of hydrogen-bond donors (Lipinski definition) is 2. The van der Waals surface area contributed by atoms with Crippen LogP contribution in [0.2, 0.25) is 0 Å². The van der Waals surface area contributed by atoms with Crippen molar-refractivity contribution in [2.24, 2.45) is 5.73 Å². The minimum absolute atomic E-state index is 0.274. The fourth-order valence-corrected chi connectivity index (χ4v) is 2.14. The molecule has 2 rings (SSSR count). The summed E-state index contributed by atoms with van der Waals surface area (Å²) in [7, 11) is 0. The summed E-state index contributed by atoms with van der Waals surface area (Å²) in [6.07, 6.45) is 1.96. The number of benzene rings is 1. The van der Waals surface area contributed by atoms with Gasteiger partial charge in [0.25, 0.3) is 0 Å². The van der Waals surface area contributed by atoms with Crippen molar-refractivity contribution in [3.63, 3.8) is 0 Å². The summed E-state index contributed by atoms with van der Waals surface area (Å²) < 4.78 is 0.938. The van der Waals surface area contributed by atoms with Crippen molar-refractivity contribution in [1.82, 2.24) is 4.98 Å². The van der Waals surface area contributed by atoms with Crippen LogP contribution in [0.15, 0.2) is 34.9 Å². The molecule has 0 saturated carbocycles. The van der Waals surface area contributed by atoms with Crippen molar-refractivity contribution in [2.75, 3.05) is 0 Å². The molecular formula is C12H11BrN2O2. The number of fused-ring (bicyclic) bond motifs is 1. The lowest BCUT2D eigenvalue weighted by Crippen LogP contribution is -2.32. The van der Waals surface area contributed by atoms with Crippen LogP contribution in [-0.2, 0) is 11.2 Å². The maximum Gasteiger partial charge on any atom is 0.320 e. The molecule has 0 saturated heterocycles. The number of carbonyl (C=O) groups is 1. The van der Waals surface area contributed by atoms with Crippen molar-refractivity contribution < 1.29 is 9.90 Å². The second-order valence-electron chi connectivity index (χ2n) is 3.75. The third kappa shape index (κ3) is 2.45. The number of aromatic nitrogens is 1. The van der Waals surface area contributed by atoms with Gasteiger partial charge in [-0.25, -0.2) is 0 Å². The summed E-state index contributed by atoms with van der Waals surface area (Å²) in [5.41, 5.74) is 7.17. The first-order chi connectivity index (χ1) is 8.09. The Hall–Kier alpha value is -1.46. The molecule has 1 aromatic carbocycles. The molecule has 0 radical (unpaired) electrons. The molecule has 1 aromatic heterocycles. The van der Waals surface area contributed by atoms with Gasteiger partial charge < -0.3 is 10.8 Å². The first-order valence-corrected chi connectivity index (χ1v) is 5.89. The van der Waals surface area contributed by atoms with Crippen LogP contribution in [-0.4, -0.2) is 22.1 Å². The Morgan fingerprint density at radius 3 is 2.94 bits per heavy atom. The molecule has 0 aliphatic heterocycles. The number of halogens is 1. The highest BCUT2D eigenvalue weighted by molar-refractivity contribution is 9.10. The van der Waals surface area contributed by atoms with Crippen LogP contribution < -0.4 is 5.73 Å². The maximum atomic E-state index is 10.8. The van der Waals surface area contributed by atoms with Crippen molar-refractivity contribution in [3.05, 3.63) is 40.5 Å². The summed E-state index contributed by atoms with van der Waals surface area (Å²) in [5, 5.41) is 9.78. The Bertz CT molecular complexity index is 571. The number of carboxylic acid groups (broad SMARTS) is 1. The van der Waals surface area contributed by atoms with Gasteiger partial charge >= 0.3 is 5.97 Å². The first kappa shape index (κ1) is 12.0. The van der Waals surface area contributed by atoms with Crippen LogP contribution in [0, 0.1) is 0 Å². The van der Waals surface area contributed by atoms with E-state index < -0.39 is 12.0 Å². The van der Waals surface area contributed by atoms with E-state index in [4.69, 9.17) is 10.8 Å². The minimum atomic E-state index is -1.00. The number of pyridine rings is 1. The van der Waals surface area contributed by atoms with Crippen molar-refractivity contribution in [2.45, 2.75) is 12.5 Å². The van der Waals surface area contributed by atoms with Gasteiger partial charge in [-0.2, -0.15) is 0 Å². The fourth-order valence-electron chi connectivity index (χ4n) is 1.69. The third-order valence-corrected chi connectivity index (χ3v) is 3.25. The number of nitrogens with two attached hydrogens (primary N) is 1. The zero-order chi connectivity index (χ0) is 12.4. The molecule has 88 valence electrons. The van der Waals surface area contributed by atoms with Gasteiger partial charge in [0.1, 0.15) is 6.04 Å². The van der Waals surface area contributed by atoms with Crippen LogP contribution in [0.1, 0.15) is 5.56 Å². The van der Waals surface area contributed by atoms with E-state index in [0.29, 0.717) is 0 Å². The zero-order valence-corrected chi connectivity index (χ0v) is 10.5. The molecule has 2 aromatic rings. The first-order valence-electron chi connectivity index (χ1n) is 5.10. The largest absolute Gasteiger partial charge is 0.480 e. The number of carboxylic acids is 1. The lowest BCUT2D eigenvalue weighted by atomic mass is 10.0. The van der Waals surface area contributed by atoms with Crippen LogP contribution in [0.4, 0.5) is 0 Å².